The molecule has 160 valence electrons. The summed E-state index contributed by atoms with van der Waals surface area (Å²) < 4.78 is 11.4. The minimum atomic E-state index is -1.93. The Morgan fingerprint density at radius 3 is 2.52 bits per heavy atom. The van der Waals surface area contributed by atoms with Crippen LogP contribution in [0.5, 0.6) is 0 Å². The predicted molar refractivity (Wildman–Crippen MR) is 120 cm³/mol. The quantitative estimate of drug-likeness (QED) is 0.294. The maximum atomic E-state index is 12.8. The van der Waals surface area contributed by atoms with Gasteiger partial charge in [0, 0.05) is 18.4 Å². The lowest BCUT2D eigenvalue weighted by Gasteiger charge is -2.37. The molecule has 0 radical (unpaired) electrons. The third kappa shape index (κ3) is 6.38. The number of hydrogen-bond acceptors (Lipinski definition) is 4. The lowest BCUT2D eigenvalue weighted by Crippen LogP contribution is -2.43. The standard InChI is InChI=1S/C24H36O4Si/c1-7-27-23(26)15-11-9-13-18-12-8-10-14-20(18)21-16-19(17-22(21)25)28-29(5,6)24(2,3)4/h8,10,12,14,16,19H,7,9,11,13,15,17H2,1-6H3. The maximum absolute atomic E-state index is 12.8. The van der Waals surface area contributed by atoms with Crippen molar-refractivity contribution in [3.05, 3.63) is 41.5 Å². The summed E-state index contributed by atoms with van der Waals surface area (Å²) in [4.78, 5) is 24.3. The molecule has 0 aromatic heterocycles. The Morgan fingerprint density at radius 2 is 1.86 bits per heavy atom. The SMILES string of the molecule is CCOC(=O)CCCCc1ccccc1C1=CC(O[Si](C)(C)C(C)(C)C)CC1=O. The fourth-order valence-electron chi connectivity index (χ4n) is 3.32. The van der Waals surface area contributed by atoms with Gasteiger partial charge in [-0.25, -0.2) is 0 Å². The monoisotopic (exact) mass is 416 g/mol. The molecule has 0 heterocycles. The van der Waals surface area contributed by atoms with E-state index in [1.807, 2.05) is 31.2 Å². The zero-order valence-electron chi connectivity index (χ0n) is 18.8. The Bertz CT molecular complexity index is 758. The summed E-state index contributed by atoms with van der Waals surface area (Å²) in [7, 11) is -1.93. The molecule has 1 atom stereocenters. The first-order valence-electron chi connectivity index (χ1n) is 10.7. The van der Waals surface area contributed by atoms with E-state index < -0.39 is 8.32 Å². The molecule has 1 unspecified atom stereocenters. The van der Waals surface area contributed by atoms with Crippen molar-refractivity contribution < 1.29 is 18.8 Å². The number of unbranched alkanes of at least 4 members (excludes halogenated alkanes) is 1. The van der Waals surface area contributed by atoms with Gasteiger partial charge in [-0.1, -0.05) is 45.0 Å². The van der Waals surface area contributed by atoms with E-state index in [0.29, 0.717) is 19.4 Å². The number of carbonyl (C=O) groups is 2. The van der Waals surface area contributed by atoms with E-state index in [0.717, 1.165) is 36.0 Å². The van der Waals surface area contributed by atoms with Crippen LogP contribution < -0.4 is 0 Å². The van der Waals surface area contributed by atoms with Crippen molar-refractivity contribution in [3.8, 4) is 0 Å². The third-order valence-corrected chi connectivity index (χ3v) is 10.5. The highest BCUT2D eigenvalue weighted by atomic mass is 28.4. The predicted octanol–water partition coefficient (Wildman–Crippen LogP) is 5.71. The van der Waals surface area contributed by atoms with Gasteiger partial charge in [-0.3, -0.25) is 9.59 Å². The molecule has 5 heteroatoms. The van der Waals surface area contributed by atoms with Crippen LogP contribution in [0.2, 0.25) is 18.1 Å². The van der Waals surface area contributed by atoms with Crippen LogP contribution in [0.15, 0.2) is 30.3 Å². The highest BCUT2D eigenvalue weighted by molar-refractivity contribution is 6.74. The van der Waals surface area contributed by atoms with E-state index in [-0.39, 0.29) is 22.9 Å². The minimum absolute atomic E-state index is 0.115. The number of rotatable bonds is 9. The molecule has 0 bridgehead atoms. The summed E-state index contributed by atoms with van der Waals surface area (Å²) in [6.45, 7) is 13.3. The van der Waals surface area contributed by atoms with Gasteiger partial charge in [-0.15, -0.1) is 0 Å². The fraction of sp³-hybridized carbons (Fsp3) is 0.583. The Labute approximate surface area is 176 Å². The van der Waals surface area contributed by atoms with Gasteiger partial charge in [-0.2, -0.15) is 0 Å². The average Bonchev–Trinajstić information content (AvgIpc) is 2.97. The Morgan fingerprint density at radius 1 is 1.17 bits per heavy atom. The molecule has 1 aromatic carbocycles. The van der Waals surface area contributed by atoms with Gasteiger partial charge >= 0.3 is 5.97 Å². The molecule has 0 amide bonds. The molecule has 0 saturated heterocycles. The first-order valence-corrected chi connectivity index (χ1v) is 13.6. The number of esters is 1. The van der Waals surface area contributed by atoms with E-state index in [9.17, 15) is 9.59 Å². The van der Waals surface area contributed by atoms with Crippen LogP contribution in [0.4, 0.5) is 0 Å². The molecule has 29 heavy (non-hydrogen) atoms. The van der Waals surface area contributed by atoms with Gasteiger partial charge in [0.25, 0.3) is 0 Å². The molecular formula is C24H36O4Si. The largest absolute Gasteiger partial charge is 0.466 e. The second-order valence-corrected chi connectivity index (χ2v) is 14.0. The molecule has 0 fully saturated rings. The van der Waals surface area contributed by atoms with E-state index in [1.54, 1.807) is 0 Å². The van der Waals surface area contributed by atoms with Gasteiger partial charge < -0.3 is 9.16 Å². The molecular weight excluding hydrogens is 380 g/mol. The number of aryl methyl sites for hydroxylation is 1. The van der Waals surface area contributed by atoms with Crippen molar-refractivity contribution in [3.63, 3.8) is 0 Å². The number of allylic oxidation sites excluding steroid dienone is 1. The first kappa shape index (κ1) is 23.6. The molecule has 4 nitrogen and oxygen atoms in total. The average molecular weight is 417 g/mol. The Kier molecular flexibility index (Phi) is 8.00. The number of carbonyl (C=O) groups excluding carboxylic acids is 2. The smallest absolute Gasteiger partial charge is 0.305 e. The summed E-state index contributed by atoms with van der Waals surface area (Å²) in [6, 6.07) is 8.09. The molecule has 0 saturated carbocycles. The van der Waals surface area contributed by atoms with Crippen LogP contribution in [0, 0.1) is 0 Å². The zero-order chi connectivity index (χ0) is 21.7. The maximum Gasteiger partial charge on any atom is 0.305 e. The van der Waals surface area contributed by atoms with Gasteiger partial charge in [0.1, 0.15) is 0 Å². The zero-order valence-corrected chi connectivity index (χ0v) is 19.8. The second kappa shape index (κ2) is 9.85. The van der Waals surface area contributed by atoms with Crippen LogP contribution in [-0.4, -0.2) is 32.8 Å². The highest BCUT2D eigenvalue weighted by Crippen LogP contribution is 2.39. The fourth-order valence-corrected chi connectivity index (χ4v) is 4.58. The van der Waals surface area contributed by atoms with E-state index in [1.165, 1.54) is 0 Å². The van der Waals surface area contributed by atoms with E-state index >= 15 is 0 Å². The molecule has 1 aromatic rings. The Balaban J connectivity index is 2.08. The minimum Gasteiger partial charge on any atom is -0.466 e. The van der Waals surface area contributed by atoms with Crippen molar-refractivity contribution in [1.82, 2.24) is 0 Å². The summed E-state index contributed by atoms with van der Waals surface area (Å²) >= 11 is 0. The number of Topliss-reactive ketones (excluding diaryl/α,β-unsaturated/α-hetero) is 1. The molecule has 0 aliphatic heterocycles. The lowest BCUT2D eigenvalue weighted by molar-refractivity contribution is -0.143. The molecule has 1 aliphatic rings. The lowest BCUT2D eigenvalue weighted by atomic mass is 9.95. The van der Waals surface area contributed by atoms with E-state index in [4.69, 9.17) is 9.16 Å². The molecule has 0 spiro atoms. The van der Waals surface area contributed by atoms with E-state index in [2.05, 4.69) is 39.9 Å². The number of hydrogen-bond donors (Lipinski definition) is 0. The summed E-state index contributed by atoms with van der Waals surface area (Å²) in [5.74, 6) is 0.0211. The first-order chi connectivity index (χ1) is 13.5. The van der Waals surface area contributed by atoms with Crippen molar-refractivity contribution in [2.45, 2.75) is 84.0 Å². The van der Waals surface area contributed by atoms with Crippen molar-refractivity contribution in [2.24, 2.45) is 0 Å². The van der Waals surface area contributed by atoms with Crippen molar-refractivity contribution >= 4 is 25.6 Å². The van der Waals surface area contributed by atoms with Gasteiger partial charge in [0.15, 0.2) is 14.1 Å². The van der Waals surface area contributed by atoms with Gasteiger partial charge in [-0.05, 0) is 61.5 Å². The normalized spacial score (nSPS) is 17.4. The van der Waals surface area contributed by atoms with Crippen LogP contribution >= 0.6 is 0 Å². The van der Waals surface area contributed by atoms with Crippen LogP contribution in [0.1, 0.15) is 64.5 Å². The number of ether oxygens (including phenoxy) is 1. The summed E-state index contributed by atoms with van der Waals surface area (Å²) in [6.07, 6.45) is 5.29. The van der Waals surface area contributed by atoms with Gasteiger partial charge in [0.2, 0.25) is 0 Å². The molecule has 1 aliphatic carbocycles. The highest BCUT2D eigenvalue weighted by Gasteiger charge is 2.40. The van der Waals surface area contributed by atoms with Crippen molar-refractivity contribution in [1.29, 1.82) is 0 Å². The van der Waals surface area contributed by atoms with Crippen LogP contribution in [-0.2, 0) is 25.2 Å². The van der Waals surface area contributed by atoms with Crippen LogP contribution in [0.3, 0.4) is 0 Å². The van der Waals surface area contributed by atoms with Crippen LogP contribution in [0.25, 0.3) is 5.57 Å². The Hall–Kier alpha value is -1.72. The summed E-state index contributed by atoms with van der Waals surface area (Å²) in [5, 5.41) is 0.115. The van der Waals surface area contributed by atoms with Gasteiger partial charge in [0.05, 0.1) is 12.7 Å². The topological polar surface area (TPSA) is 52.6 Å². The molecule has 2 rings (SSSR count). The summed E-state index contributed by atoms with van der Waals surface area (Å²) in [5.41, 5.74) is 2.95. The second-order valence-electron chi connectivity index (χ2n) is 9.29. The number of ketones is 1. The van der Waals surface area contributed by atoms with Crippen molar-refractivity contribution in [2.75, 3.05) is 6.61 Å². The molecule has 0 N–H and O–H groups in total. The third-order valence-electron chi connectivity index (χ3n) is 5.98. The number of benzene rings is 1.